The Morgan fingerprint density at radius 3 is 2.27 bits per heavy atom. The molecule has 0 spiro atoms. The van der Waals surface area contributed by atoms with E-state index in [0.29, 0.717) is 17.7 Å². The monoisotopic (exact) mass is 398 g/mol. The van der Waals surface area contributed by atoms with Gasteiger partial charge in [0.15, 0.2) is 0 Å². The predicted molar refractivity (Wildman–Crippen MR) is 114 cm³/mol. The van der Waals surface area contributed by atoms with Crippen LogP contribution in [-0.4, -0.2) is 34.6 Å². The summed E-state index contributed by atoms with van der Waals surface area (Å²) in [5, 5.41) is 0. The van der Waals surface area contributed by atoms with Gasteiger partial charge in [-0.15, -0.1) is 0 Å². The lowest BCUT2D eigenvalue weighted by Crippen LogP contribution is -2.29. The first-order valence-electron chi connectivity index (χ1n) is 9.80. The van der Waals surface area contributed by atoms with Gasteiger partial charge in [-0.1, -0.05) is 54.6 Å². The summed E-state index contributed by atoms with van der Waals surface area (Å²) in [6, 6.07) is 22.0. The number of carbonyl (C=O) groups excluding carboxylic acids is 3. The van der Waals surface area contributed by atoms with Gasteiger partial charge in [-0.3, -0.25) is 19.3 Å². The Morgan fingerprint density at radius 1 is 0.867 bits per heavy atom. The number of hydrogen-bond donors (Lipinski definition) is 0. The highest BCUT2D eigenvalue weighted by Gasteiger charge is 2.36. The van der Waals surface area contributed by atoms with Crippen LogP contribution in [-0.2, 0) is 13.1 Å². The van der Waals surface area contributed by atoms with Crippen molar-refractivity contribution in [3.63, 3.8) is 0 Å². The van der Waals surface area contributed by atoms with Crippen LogP contribution in [0.5, 0.6) is 0 Å². The molecule has 3 amide bonds. The average Bonchev–Trinajstić information content (AvgIpc) is 3.00. The Hall–Kier alpha value is -3.73. The van der Waals surface area contributed by atoms with Gasteiger partial charge in [-0.2, -0.15) is 0 Å². The van der Waals surface area contributed by atoms with Gasteiger partial charge in [-0.05, 0) is 41.8 Å². The summed E-state index contributed by atoms with van der Waals surface area (Å²) >= 11 is 0. The van der Waals surface area contributed by atoms with E-state index in [1.165, 1.54) is 11.0 Å². The van der Waals surface area contributed by atoms with Crippen LogP contribution in [0.2, 0.25) is 0 Å². The number of hydrogen-bond acceptors (Lipinski definition) is 3. The number of rotatable bonds is 5. The van der Waals surface area contributed by atoms with Gasteiger partial charge < -0.3 is 4.90 Å². The number of amides is 3. The lowest BCUT2D eigenvalue weighted by atomic mass is 10.0. The van der Waals surface area contributed by atoms with Crippen LogP contribution in [0.25, 0.3) is 0 Å². The molecule has 1 aliphatic heterocycles. The normalized spacial score (nSPS) is 12.8. The first-order chi connectivity index (χ1) is 14.5. The third kappa shape index (κ3) is 3.62. The van der Waals surface area contributed by atoms with E-state index in [1.54, 1.807) is 24.1 Å². The zero-order chi connectivity index (χ0) is 21.3. The smallest absolute Gasteiger partial charge is 0.261 e. The first kappa shape index (κ1) is 19.6. The van der Waals surface area contributed by atoms with Crippen molar-refractivity contribution in [2.45, 2.75) is 20.0 Å². The molecule has 0 N–H and O–H groups in total. The van der Waals surface area contributed by atoms with Gasteiger partial charge in [0.05, 0.1) is 17.7 Å². The molecule has 5 nitrogen and oxygen atoms in total. The summed E-state index contributed by atoms with van der Waals surface area (Å²) in [5.74, 6) is -0.885. The standard InChI is InChI=1S/C25H22N2O3/c1-17-8-6-7-11-20(17)16-26(2)23(28)19-12-13-21-22(14-19)25(30)27(24(21)29)15-18-9-4-3-5-10-18/h3-14H,15-16H2,1-2H3. The molecular formula is C25H22N2O3. The Morgan fingerprint density at radius 2 is 1.53 bits per heavy atom. The van der Waals surface area contributed by atoms with Crippen molar-refractivity contribution in [2.24, 2.45) is 0 Å². The molecule has 3 aromatic rings. The van der Waals surface area contributed by atoms with Crippen molar-refractivity contribution in [3.05, 3.63) is 106 Å². The zero-order valence-electron chi connectivity index (χ0n) is 17.0. The topological polar surface area (TPSA) is 57.7 Å². The molecule has 0 saturated heterocycles. The SMILES string of the molecule is Cc1ccccc1CN(C)C(=O)c1ccc2c(c1)C(=O)N(Cc1ccccc1)C2=O. The molecule has 0 bridgehead atoms. The molecule has 0 unspecified atom stereocenters. The number of fused-ring (bicyclic) bond motifs is 1. The lowest BCUT2D eigenvalue weighted by molar-refractivity contribution is 0.0642. The minimum absolute atomic E-state index is 0.192. The lowest BCUT2D eigenvalue weighted by Gasteiger charge is -2.19. The van der Waals surface area contributed by atoms with E-state index in [-0.39, 0.29) is 29.8 Å². The number of carbonyl (C=O) groups is 3. The average molecular weight is 398 g/mol. The fourth-order valence-electron chi connectivity index (χ4n) is 3.67. The maximum Gasteiger partial charge on any atom is 0.261 e. The minimum Gasteiger partial charge on any atom is -0.337 e. The van der Waals surface area contributed by atoms with E-state index in [4.69, 9.17) is 0 Å². The molecule has 1 heterocycles. The van der Waals surface area contributed by atoms with Crippen LogP contribution in [0, 0.1) is 6.92 Å². The number of benzene rings is 3. The fraction of sp³-hybridized carbons (Fsp3) is 0.160. The highest BCUT2D eigenvalue weighted by Crippen LogP contribution is 2.26. The summed E-state index contributed by atoms with van der Waals surface area (Å²) in [5.41, 5.74) is 4.08. The summed E-state index contributed by atoms with van der Waals surface area (Å²) in [6.07, 6.45) is 0. The second-order valence-electron chi connectivity index (χ2n) is 7.53. The van der Waals surface area contributed by atoms with Crippen molar-refractivity contribution in [3.8, 4) is 0 Å². The Balaban J connectivity index is 1.55. The van der Waals surface area contributed by atoms with Crippen molar-refractivity contribution >= 4 is 17.7 Å². The van der Waals surface area contributed by atoms with Crippen LogP contribution in [0.15, 0.2) is 72.8 Å². The zero-order valence-corrected chi connectivity index (χ0v) is 17.0. The Kier molecular flexibility index (Phi) is 5.19. The van der Waals surface area contributed by atoms with Gasteiger partial charge in [0.25, 0.3) is 17.7 Å². The van der Waals surface area contributed by atoms with E-state index in [2.05, 4.69) is 0 Å². The van der Waals surface area contributed by atoms with Crippen LogP contribution in [0.4, 0.5) is 0 Å². The molecule has 4 rings (SSSR count). The summed E-state index contributed by atoms with van der Waals surface area (Å²) in [7, 11) is 1.73. The summed E-state index contributed by atoms with van der Waals surface area (Å²) in [4.78, 5) is 41.4. The third-order valence-electron chi connectivity index (χ3n) is 5.42. The molecule has 0 aliphatic carbocycles. The van der Waals surface area contributed by atoms with Gasteiger partial charge in [0.1, 0.15) is 0 Å². The molecular weight excluding hydrogens is 376 g/mol. The second kappa shape index (κ2) is 7.95. The molecule has 5 heteroatoms. The van der Waals surface area contributed by atoms with Crippen molar-refractivity contribution in [1.29, 1.82) is 0 Å². The van der Waals surface area contributed by atoms with Gasteiger partial charge in [0.2, 0.25) is 0 Å². The van der Waals surface area contributed by atoms with Gasteiger partial charge >= 0.3 is 0 Å². The van der Waals surface area contributed by atoms with E-state index in [0.717, 1.165) is 16.7 Å². The highest BCUT2D eigenvalue weighted by molar-refractivity contribution is 6.22. The van der Waals surface area contributed by atoms with Crippen LogP contribution in [0.1, 0.15) is 47.8 Å². The third-order valence-corrected chi connectivity index (χ3v) is 5.42. The summed E-state index contributed by atoms with van der Waals surface area (Å²) < 4.78 is 0. The molecule has 30 heavy (non-hydrogen) atoms. The molecule has 3 aromatic carbocycles. The second-order valence-corrected chi connectivity index (χ2v) is 7.53. The number of nitrogens with zero attached hydrogens (tertiary/aromatic N) is 2. The Labute approximate surface area is 175 Å². The largest absolute Gasteiger partial charge is 0.337 e. The minimum atomic E-state index is -0.366. The molecule has 0 atom stereocenters. The van der Waals surface area contributed by atoms with Crippen molar-refractivity contribution in [2.75, 3.05) is 7.05 Å². The van der Waals surface area contributed by atoms with E-state index in [1.807, 2.05) is 61.5 Å². The van der Waals surface area contributed by atoms with Crippen molar-refractivity contribution < 1.29 is 14.4 Å². The molecule has 150 valence electrons. The molecule has 1 aliphatic rings. The van der Waals surface area contributed by atoms with E-state index >= 15 is 0 Å². The quantitative estimate of drug-likeness (QED) is 0.609. The Bertz CT molecular complexity index is 1140. The first-order valence-corrected chi connectivity index (χ1v) is 9.80. The molecule has 0 saturated carbocycles. The maximum absolute atomic E-state index is 12.9. The number of aryl methyl sites for hydroxylation is 1. The van der Waals surface area contributed by atoms with Crippen LogP contribution in [0.3, 0.4) is 0 Å². The van der Waals surface area contributed by atoms with Crippen molar-refractivity contribution in [1.82, 2.24) is 9.80 Å². The molecule has 0 aromatic heterocycles. The molecule has 0 radical (unpaired) electrons. The number of imide groups is 1. The van der Waals surface area contributed by atoms with E-state index in [9.17, 15) is 14.4 Å². The fourth-order valence-corrected chi connectivity index (χ4v) is 3.67. The summed E-state index contributed by atoms with van der Waals surface area (Å²) in [6.45, 7) is 2.69. The maximum atomic E-state index is 12.9. The highest BCUT2D eigenvalue weighted by atomic mass is 16.2. The van der Waals surface area contributed by atoms with E-state index < -0.39 is 0 Å². The van der Waals surface area contributed by atoms with Crippen LogP contribution >= 0.6 is 0 Å². The van der Waals surface area contributed by atoms with Gasteiger partial charge in [-0.25, -0.2) is 0 Å². The predicted octanol–water partition coefficient (Wildman–Crippen LogP) is 4.06. The van der Waals surface area contributed by atoms with Crippen LogP contribution < -0.4 is 0 Å². The molecule has 0 fully saturated rings. The van der Waals surface area contributed by atoms with Gasteiger partial charge in [0, 0.05) is 19.2 Å².